The number of amides is 2. The molecule has 1 atom stereocenters. The number of nitro groups is 1. The molecule has 1 saturated heterocycles. The van der Waals surface area contributed by atoms with E-state index >= 15 is 0 Å². The number of carbonyl (C=O) groups is 3. The van der Waals surface area contributed by atoms with Crippen molar-refractivity contribution in [3.05, 3.63) is 39.9 Å². The number of benzene rings is 1. The highest BCUT2D eigenvalue weighted by Crippen LogP contribution is 2.27. The van der Waals surface area contributed by atoms with E-state index < -0.39 is 35.4 Å². The van der Waals surface area contributed by atoms with Crippen LogP contribution in [0.15, 0.2) is 24.3 Å². The third-order valence-electron chi connectivity index (χ3n) is 4.23. The maximum Gasteiger partial charge on any atom is 0.407 e. The Labute approximate surface area is 155 Å². The van der Waals surface area contributed by atoms with Crippen LogP contribution in [0.3, 0.4) is 0 Å². The van der Waals surface area contributed by atoms with Crippen LogP contribution in [0.2, 0.25) is 0 Å². The van der Waals surface area contributed by atoms with Crippen molar-refractivity contribution in [2.75, 3.05) is 26.2 Å². The smallest absolute Gasteiger partial charge is 0.407 e. The summed E-state index contributed by atoms with van der Waals surface area (Å²) in [6.45, 7) is 2.38. The number of non-ortho nitro benzene ring substituents is 1. The Morgan fingerprint density at radius 3 is 2.48 bits per heavy atom. The number of rotatable bonds is 6. The molecule has 1 aliphatic heterocycles. The first-order valence-electron chi connectivity index (χ1n) is 8.50. The Morgan fingerprint density at radius 1 is 1.26 bits per heavy atom. The second-order valence-electron chi connectivity index (χ2n) is 6.08. The Kier molecular flexibility index (Phi) is 6.69. The summed E-state index contributed by atoms with van der Waals surface area (Å²) in [6.07, 6.45) is -0.896. The fourth-order valence-corrected chi connectivity index (χ4v) is 2.84. The molecule has 10 nitrogen and oxygen atoms in total. The van der Waals surface area contributed by atoms with E-state index in [2.05, 4.69) is 0 Å². The summed E-state index contributed by atoms with van der Waals surface area (Å²) in [5, 5.41) is 20.2. The number of piperazine rings is 1. The summed E-state index contributed by atoms with van der Waals surface area (Å²) in [5.74, 6) is -1.05. The van der Waals surface area contributed by atoms with E-state index in [1.807, 2.05) is 6.92 Å². The van der Waals surface area contributed by atoms with Crippen LogP contribution in [-0.4, -0.2) is 64.0 Å². The molecule has 0 spiro atoms. The summed E-state index contributed by atoms with van der Waals surface area (Å²) >= 11 is 0. The van der Waals surface area contributed by atoms with E-state index in [0.29, 0.717) is 12.0 Å². The molecule has 0 saturated carbocycles. The Bertz CT molecular complexity index is 720. The van der Waals surface area contributed by atoms with Gasteiger partial charge in [0.25, 0.3) is 5.69 Å². The summed E-state index contributed by atoms with van der Waals surface area (Å²) in [7, 11) is 0. The van der Waals surface area contributed by atoms with Gasteiger partial charge in [0, 0.05) is 31.8 Å². The predicted octanol–water partition coefficient (Wildman–Crippen LogP) is 1.80. The van der Waals surface area contributed by atoms with Crippen LogP contribution >= 0.6 is 0 Å². The first-order chi connectivity index (χ1) is 12.8. The molecule has 0 aliphatic carbocycles. The van der Waals surface area contributed by atoms with Gasteiger partial charge in [0.2, 0.25) is 5.91 Å². The molecule has 0 bridgehead atoms. The van der Waals surface area contributed by atoms with Gasteiger partial charge >= 0.3 is 12.1 Å². The standard InChI is InChI=1S/C17H21N3O7/c1-2-9-27-16(22)10-15(21)18-7-8-19(17(23)24)14(11-18)12-3-5-13(6-4-12)20(25)26/h3-6,14H,2,7-11H2,1H3,(H,23,24). The van der Waals surface area contributed by atoms with E-state index in [4.69, 9.17) is 4.74 Å². The zero-order chi connectivity index (χ0) is 20.0. The summed E-state index contributed by atoms with van der Waals surface area (Å²) in [6, 6.07) is 4.86. The highest BCUT2D eigenvalue weighted by atomic mass is 16.6. The van der Waals surface area contributed by atoms with Gasteiger partial charge < -0.3 is 14.7 Å². The minimum atomic E-state index is -1.15. The average molecular weight is 379 g/mol. The van der Waals surface area contributed by atoms with Gasteiger partial charge in [0.15, 0.2) is 0 Å². The first kappa shape index (κ1) is 20.1. The van der Waals surface area contributed by atoms with Crippen LogP contribution in [0.5, 0.6) is 0 Å². The van der Waals surface area contributed by atoms with Gasteiger partial charge in [-0.2, -0.15) is 0 Å². The van der Waals surface area contributed by atoms with Crippen molar-refractivity contribution in [2.45, 2.75) is 25.8 Å². The largest absolute Gasteiger partial charge is 0.465 e. The molecule has 1 aromatic carbocycles. The molecule has 0 aromatic heterocycles. The molecule has 1 aromatic rings. The van der Waals surface area contributed by atoms with Crippen molar-refractivity contribution < 1.29 is 29.2 Å². The van der Waals surface area contributed by atoms with Crippen LogP contribution in [0.1, 0.15) is 31.4 Å². The number of nitrogens with zero attached hydrogens (tertiary/aromatic N) is 3. The second-order valence-corrected chi connectivity index (χ2v) is 6.08. The van der Waals surface area contributed by atoms with E-state index in [9.17, 15) is 29.6 Å². The lowest BCUT2D eigenvalue weighted by atomic mass is 10.0. The Morgan fingerprint density at radius 2 is 1.93 bits per heavy atom. The maximum absolute atomic E-state index is 12.3. The van der Waals surface area contributed by atoms with Gasteiger partial charge in [-0.1, -0.05) is 19.1 Å². The minimum absolute atomic E-state index is 0.0595. The molecule has 1 N–H and O–H groups in total. The van der Waals surface area contributed by atoms with Gasteiger partial charge in [0.1, 0.15) is 6.42 Å². The lowest BCUT2D eigenvalue weighted by molar-refractivity contribution is -0.384. The fraction of sp³-hybridized carbons (Fsp3) is 0.471. The van der Waals surface area contributed by atoms with E-state index in [1.165, 1.54) is 34.1 Å². The molecule has 2 amide bonds. The van der Waals surface area contributed by atoms with Crippen LogP contribution in [0.25, 0.3) is 0 Å². The van der Waals surface area contributed by atoms with Crippen molar-refractivity contribution >= 4 is 23.7 Å². The summed E-state index contributed by atoms with van der Waals surface area (Å²) < 4.78 is 4.90. The van der Waals surface area contributed by atoms with Crippen molar-refractivity contribution in [3.8, 4) is 0 Å². The number of hydrogen-bond donors (Lipinski definition) is 1. The quantitative estimate of drug-likeness (QED) is 0.345. The third-order valence-corrected chi connectivity index (χ3v) is 4.23. The topological polar surface area (TPSA) is 130 Å². The summed E-state index contributed by atoms with van der Waals surface area (Å²) in [4.78, 5) is 48.3. The van der Waals surface area contributed by atoms with Gasteiger partial charge in [0.05, 0.1) is 17.6 Å². The molecule has 1 heterocycles. The number of ether oxygens (including phenoxy) is 1. The molecule has 1 aliphatic rings. The van der Waals surface area contributed by atoms with E-state index in [1.54, 1.807) is 0 Å². The SMILES string of the molecule is CCCOC(=O)CC(=O)N1CCN(C(=O)O)C(c2ccc([N+](=O)[O-])cc2)C1. The molecule has 27 heavy (non-hydrogen) atoms. The van der Waals surface area contributed by atoms with E-state index in [0.717, 1.165) is 0 Å². The van der Waals surface area contributed by atoms with Crippen LogP contribution in [0.4, 0.5) is 10.5 Å². The average Bonchev–Trinajstić information content (AvgIpc) is 2.65. The van der Waals surface area contributed by atoms with E-state index in [-0.39, 0.29) is 31.9 Å². The van der Waals surface area contributed by atoms with Crippen molar-refractivity contribution in [1.82, 2.24) is 9.80 Å². The second kappa shape index (κ2) is 8.97. The number of hydrogen-bond acceptors (Lipinski definition) is 6. The molecule has 146 valence electrons. The van der Waals surface area contributed by atoms with Crippen molar-refractivity contribution in [2.24, 2.45) is 0 Å². The predicted molar refractivity (Wildman–Crippen MR) is 93.0 cm³/mol. The number of carbonyl (C=O) groups excluding carboxylic acids is 2. The molecular weight excluding hydrogens is 358 g/mol. The van der Waals surface area contributed by atoms with Gasteiger partial charge in [-0.3, -0.25) is 24.6 Å². The third kappa shape index (κ3) is 5.16. The maximum atomic E-state index is 12.3. The lowest BCUT2D eigenvalue weighted by Crippen LogP contribution is -2.52. The first-order valence-corrected chi connectivity index (χ1v) is 8.50. The molecule has 2 rings (SSSR count). The van der Waals surface area contributed by atoms with Crippen LogP contribution < -0.4 is 0 Å². The van der Waals surface area contributed by atoms with Crippen LogP contribution in [-0.2, 0) is 14.3 Å². The van der Waals surface area contributed by atoms with Crippen LogP contribution in [0, 0.1) is 10.1 Å². The zero-order valence-electron chi connectivity index (χ0n) is 14.9. The monoisotopic (exact) mass is 379 g/mol. The Balaban J connectivity index is 2.12. The molecule has 1 fully saturated rings. The minimum Gasteiger partial charge on any atom is -0.465 e. The Hall–Kier alpha value is -3.17. The zero-order valence-corrected chi connectivity index (χ0v) is 14.9. The normalized spacial score (nSPS) is 16.7. The van der Waals surface area contributed by atoms with Gasteiger partial charge in [-0.15, -0.1) is 0 Å². The fourth-order valence-electron chi connectivity index (χ4n) is 2.84. The number of carboxylic acid groups (broad SMARTS) is 1. The van der Waals surface area contributed by atoms with Crippen molar-refractivity contribution in [1.29, 1.82) is 0 Å². The number of nitro benzene ring substituents is 1. The summed E-state index contributed by atoms with van der Waals surface area (Å²) in [5.41, 5.74) is 0.428. The molecule has 1 unspecified atom stereocenters. The van der Waals surface area contributed by atoms with Gasteiger partial charge in [-0.25, -0.2) is 4.79 Å². The molecule has 10 heteroatoms. The van der Waals surface area contributed by atoms with Crippen molar-refractivity contribution in [3.63, 3.8) is 0 Å². The number of esters is 1. The molecule has 0 radical (unpaired) electrons. The highest BCUT2D eigenvalue weighted by molar-refractivity contribution is 5.94. The van der Waals surface area contributed by atoms with Gasteiger partial charge in [-0.05, 0) is 12.0 Å². The molecular formula is C17H21N3O7. The highest BCUT2D eigenvalue weighted by Gasteiger charge is 2.34. The lowest BCUT2D eigenvalue weighted by Gasteiger charge is -2.40.